The summed E-state index contributed by atoms with van der Waals surface area (Å²) in [6, 6.07) is 5.04. The molecular weight excluding hydrogens is 475 g/mol. The molecule has 162 valence electrons. The lowest BCUT2D eigenvalue weighted by atomic mass is 9.47. The summed E-state index contributed by atoms with van der Waals surface area (Å²) in [5.74, 6) is 1.74. The molecule has 4 aliphatic carbocycles. The molecule has 2 aromatic heterocycles. The van der Waals surface area contributed by atoms with Crippen LogP contribution in [-0.2, 0) is 17.1 Å². The molecule has 0 amide bonds. The van der Waals surface area contributed by atoms with Gasteiger partial charge in [-0.1, -0.05) is 6.07 Å². The number of aromatic nitrogens is 5. The Balaban J connectivity index is 1.37. The normalized spacial score (nSPS) is 32.0. The SMILES string of the molecule is FC(F)(F)c1cccc(-c2nnc(C34CC5CC(C3)CC(n3cnc(Br)n3)(C5)C4)o2)c1. The third kappa shape index (κ3) is 3.05. The smallest absolute Gasteiger partial charge is 0.416 e. The molecule has 2 atom stereocenters. The van der Waals surface area contributed by atoms with Gasteiger partial charge >= 0.3 is 6.18 Å². The fourth-order valence-electron chi connectivity index (χ4n) is 6.59. The lowest BCUT2D eigenvalue weighted by Gasteiger charge is -2.60. The lowest BCUT2D eigenvalue weighted by molar-refractivity contribution is -0.137. The van der Waals surface area contributed by atoms with Crippen LogP contribution in [0.4, 0.5) is 13.2 Å². The number of rotatable bonds is 3. The first kappa shape index (κ1) is 19.5. The number of halogens is 4. The largest absolute Gasteiger partial charge is 0.420 e. The highest BCUT2D eigenvalue weighted by molar-refractivity contribution is 9.10. The van der Waals surface area contributed by atoms with Gasteiger partial charge in [0.2, 0.25) is 16.5 Å². The van der Waals surface area contributed by atoms with E-state index in [1.807, 2.05) is 4.68 Å². The van der Waals surface area contributed by atoms with E-state index >= 15 is 0 Å². The van der Waals surface area contributed by atoms with Gasteiger partial charge in [-0.15, -0.1) is 15.3 Å². The van der Waals surface area contributed by atoms with Crippen molar-refractivity contribution in [2.45, 2.75) is 55.7 Å². The second-order valence-corrected chi connectivity index (χ2v) is 10.1. The molecule has 7 rings (SSSR count). The quantitative estimate of drug-likeness (QED) is 0.491. The van der Waals surface area contributed by atoms with Crippen LogP contribution in [-0.4, -0.2) is 25.0 Å². The molecule has 10 heteroatoms. The number of hydrogen-bond donors (Lipinski definition) is 0. The molecule has 4 bridgehead atoms. The van der Waals surface area contributed by atoms with E-state index in [-0.39, 0.29) is 22.4 Å². The highest BCUT2D eigenvalue weighted by Gasteiger charge is 2.61. The summed E-state index contributed by atoms with van der Waals surface area (Å²) in [6.07, 6.45) is 3.41. The van der Waals surface area contributed by atoms with Crippen LogP contribution in [0.15, 0.2) is 39.7 Å². The van der Waals surface area contributed by atoms with E-state index in [1.54, 1.807) is 12.4 Å². The summed E-state index contributed by atoms with van der Waals surface area (Å²) in [5.41, 5.74) is -0.841. The van der Waals surface area contributed by atoms with E-state index < -0.39 is 11.7 Å². The number of hydrogen-bond acceptors (Lipinski definition) is 5. The predicted molar refractivity (Wildman–Crippen MR) is 107 cm³/mol. The van der Waals surface area contributed by atoms with Gasteiger partial charge in [0.25, 0.3) is 0 Å². The standard InChI is InChI=1S/C21H19BrF3N5O/c22-18-26-11-30(29-18)20-8-12-4-13(9-20)7-19(6-12,10-20)17-28-27-16(31-17)14-2-1-3-15(5-14)21(23,24)25/h1-3,5,11-13H,4,6-10H2. The zero-order chi connectivity index (χ0) is 21.4. The van der Waals surface area contributed by atoms with Gasteiger partial charge in [-0.2, -0.15) is 13.2 Å². The van der Waals surface area contributed by atoms with Gasteiger partial charge in [-0.25, -0.2) is 9.67 Å². The maximum Gasteiger partial charge on any atom is 0.416 e. The molecule has 0 radical (unpaired) electrons. The van der Waals surface area contributed by atoms with Crippen LogP contribution in [0.3, 0.4) is 0 Å². The van der Waals surface area contributed by atoms with E-state index in [9.17, 15) is 13.2 Å². The van der Waals surface area contributed by atoms with Crippen molar-refractivity contribution >= 4 is 15.9 Å². The summed E-state index contributed by atoms with van der Waals surface area (Å²) in [6.45, 7) is 0. The first-order valence-corrected chi connectivity index (χ1v) is 11.1. The molecule has 1 aromatic carbocycles. The maximum absolute atomic E-state index is 13.1. The lowest BCUT2D eigenvalue weighted by Crippen LogP contribution is -2.58. The van der Waals surface area contributed by atoms with E-state index in [1.165, 1.54) is 12.5 Å². The van der Waals surface area contributed by atoms with Gasteiger partial charge in [0, 0.05) is 5.56 Å². The Bertz CT molecular complexity index is 1140. The van der Waals surface area contributed by atoms with Crippen molar-refractivity contribution in [3.8, 4) is 11.5 Å². The second kappa shape index (κ2) is 6.40. The van der Waals surface area contributed by atoms with Gasteiger partial charge in [0.05, 0.1) is 16.5 Å². The van der Waals surface area contributed by atoms with Crippen LogP contribution < -0.4 is 0 Å². The van der Waals surface area contributed by atoms with Crippen LogP contribution >= 0.6 is 15.9 Å². The van der Waals surface area contributed by atoms with Crippen molar-refractivity contribution in [2.24, 2.45) is 11.8 Å². The molecule has 4 fully saturated rings. The molecule has 3 aromatic rings. The highest BCUT2D eigenvalue weighted by Crippen LogP contribution is 2.64. The van der Waals surface area contributed by atoms with Crippen LogP contribution in [0.1, 0.15) is 50.0 Å². The third-order valence-electron chi connectivity index (χ3n) is 7.30. The molecule has 6 nitrogen and oxygen atoms in total. The monoisotopic (exact) mass is 493 g/mol. The van der Waals surface area contributed by atoms with Crippen molar-refractivity contribution in [1.82, 2.24) is 25.0 Å². The number of benzene rings is 1. The Hall–Kier alpha value is -2.23. The van der Waals surface area contributed by atoms with Gasteiger partial charge in [-0.05, 0) is 84.5 Å². The Kier molecular flexibility index (Phi) is 4.02. The summed E-state index contributed by atoms with van der Waals surface area (Å²) in [5, 5.41) is 13.1. The van der Waals surface area contributed by atoms with Gasteiger partial charge < -0.3 is 4.42 Å². The maximum atomic E-state index is 13.1. The van der Waals surface area contributed by atoms with Crippen molar-refractivity contribution < 1.29 is 17.6 Å². The predicted octanol–water partition coefficient (Wildman–Crippen LogP) is 5.36. The molecule has 2 heterocycles. The van der Waals surface area contributed by atoms with Crippen LogP contribution in [0, 0.1) is 11.8 Å². The van der Waals surface area contributed by atoms with Crippen molar-refractivity contribution in [3.63, 3.8) is 0 Å². The van der Waals surface area contributed by atoms with Crippen molar-refractivity contribution in [3.05, 3.63) is 46.8 Å². The van der Waals surface area contributed by atoms with Crippen LogP contribution in [0.5, 0.6) is 0 Å². The summed E-state index contributed by atoms with van der Waals surface area (Å²) in [4.78, 5) is 4.27. The van der Waals surface area contributed by atoms with Crippen LogP contribution in [0.2, 0.25) is 0 Å². The average molecular weight is 494 g/mol. The fraction of sp³-hybridized carbons (Fsp3) is 0.524. The van der Waals surface area contributed by atoms with Gasteiger partial charge in [-0.3, -0.25) is 0 Å². The first-order chi connectivity index (χ1) is 14.7. The molecule has 0 spiro atoms. The molecular formula is C21H19BrF3N5O. The molecule has 4 saturated carbocycles. The van der Waals surface area contributed by atoms with Gasteiger partial charge in [0.15, 0.2) is 0 Å². The van der Waals surface area contributed by atoms with Gasteiger partial charge in [0.1, 0.15) is 6.33 Å². The van der Waals surface area contributed by atoms with Crippen molar-refractivity contribution in [2.75, 3.05) is 0 Å². The molecule has 0 N–H and O–H groups in total. The minimum atomic E-state index is -4.42. The summed E-state index contributed by atoms with van der Waals surface area (Å²) in [7, 11) is 0. The molecule has 4 aliphatic rings. The average Bonchev–Trinajstić information content (AvgIpc) is 3.37. The molecule has 0 aliphatic heterocycles. The summed E-state index contributed by atoms with van der Waals surface area (Å²) >= 11 is 3.35. The highest BCUT2D eigenvalue weighted by atomic mass is 79.9. The molecule has 0 saturated heterocycles. The van der Waals surface area contributed by atoms with Crippen LogP contribution in [0.25, 0.3) is 11.5 Å². The van der Waals surface area contributed by atoms with E-state index in [0.717, 1.165) is 44.2 Å². The Morgan fingerprint density at radius 2 is 1.87 bits per heavy atom. The van der Waals surface area contributed by atoms with E-state index in [2.05, 4.69) is 36.2 Å². The third-order valence-corrected chi connectivity index (χ3v) is 7.66. The zero-order valence-corrected chi connectivity index (χ0v) is 18.0. The second-order valence-electron chi connectivity index (χ2n) is 9.41. The van der Waals surface area contributed by atoms with E-state index in [4.69, 9.17) is 4.42 Å². The van der Waals surface area contributed by atoms with E-state index in [0.29, 0.717) is 22.5 Å². The first-order valence-electron chi connectivity index (χ1n) is 10.3. The zero-order valence-electron chi connectivity index (χ0n) is 16.4. The Morgan fingerprint density at radius 1 is 1.10 bits per heavy atom. The molecule has 31 heavy (non-hydrogen) atoms. The molecule has 2 unspecified atom stereocenters. The summed E-state index contributed by atoms with van der Waals surface area (Å²) < 4.78 is 48.0. The fourth-order valence-corrected chi connectivity index (χ4v) is 6.85. The topological polar surface area (TPSA) is 69.6 Å². The Morgan fingerprint density at radius 3 is 2.55 bits per heavy atom. The number of alkyl halides is 3. The minimum Gasteiger partial charge on any atom is -0.420 e. The van der Waals surface area contributed by atoms with Crippen molar-refractivity contribution in [1.29, 1.82) is 0 Å². The number of nitrogens with zero attached hydrogens (tertiary/aromatic N) is 5. The minimum absolute atomic E-state index is 0.131. The Labute approximate surface area is 184 Å².